The smallest absolute Gasteiger partial charge is 0.279 e. The summed E-state index contributed by atoms with van der Waals surface area (Å²) in [4.78, 5) is 24.8. The van der Waals surface area contributed by atoms with Crippen LogP contribution in [0.15, 0.2) is 16.9 Å². The Morgan fingerprint density at radius 2 is 2.12 bits per heavy atom. The predicted octanol–water partition coefficient (Wildman–Crippen LogP) is 1.43. The molecule has 0 unspecified atom stereocenters. The van der Waals surface area contributed by atoms with Gasteiger partial charge in [0.2, 0.25) is 0 Å². The number of aromatic nitrogens is 2. The van der Waals surface area contributed by atoms with Gasteiger partial charge >= 0.3 is 0 Å². The van der Waals surface area contributed by atoms with Crippen molar-refractivity contribution in [2.75, 3.05) is 11.9 Å². The molecular formula is C17H19FN4O2. The molecule has 1 aromatic heterocycles. The van der Waals surface area contributed by atoms with E-state index in [0.717, 1.165) is 10.2 Å². The molecule has 2 N–H and O–H groups in total. The quantitative estimate of drug-likeness (QED) is 0.873. The standard InChI is InChI=1S/C17H19FN4O2/c1-9-10(2)21-22(3)17(24)14(9)16(23)20-13-5-4-11-8-19-7-6-12(11)15(13)18/h4-5,19H,6-8H2,1-3H3,(H,20,23). The lowest BCUT2D eigenvalue weighted by Gasteiger charge is -2.19. The maximum absolute atomic E-state index is 14.7. The molecule has 1 aliphatic heterocycles. The van der Waals surface area contributed by atoms with E-state index in [1.165, 1.54) is 13.1 Å². The number of nitrogens with one attached hydrogen (secondary N) is 2. The van der Waals surface area contributed by atoms with Gasteiger partial charge in [0.1, 0.15) is 11.4 Å². The minimum absolute atomic E-state index is 0.0104. The summed E-state index contributed by atoms with van der Waals surface area (Å²) in [5.74, 6) is -1.05. The van der Waals surface area contributed by atoms with Crippen LogP contribution in [-0.4, -0.2) is 22.2 Å². The van der Waals surface area contributed by atoms with Gasteiger partial charge in [-0.05, 0) is 49.6 Å². The normalized spacial score (nSPS) is 13.5. The zero-order valence-electron chi connectivity index (χ0n) is 13.9. The van der Waals surface area contributed by atoms with E-state index in [1.54, 1.807) is 19.9 Å². The summed E-state index contributed by atoms with van der Waals surface area (Å²) in [6.07, 6.45) is 0.569. The zero-order chi connectivity index (χ0) is 17.4. The van der Waals surface area contributed by atoms with Crippen molar-refractivity contribution in [1.82, 2.24) is 15.1 Å². The number of anilines is 1. The van der Waals surface area contributed by atoms with E-state index in [9.17, 15) is 14.0 Å². The van der Waals surface area contributed by atoms with Crippen LogP contribution < -0.4 is 16.2 Å². The summed E-state index contributed by atoms with van der Waals surface area (Å²) < 4.78 is 15.8. The van der Waals surface area contributed by atoms with Crippen LogP contribution in [0.25, 0.3) is 0 Å². The van der Waals surface area contributed by atoms with Gasteiger partial charge in [-0.15, -0.1) is 0 Å². The molecule has 1 amide bonds. The Kier molecular flexibility index (Phi) is 4.19. The number of hydrogen-bond donors (Lipinski definition) is 2. The average Bonchev–Trinajstić information content (AvgIpc) is 2.56. The van der Waals surface area contributed by atoms with Crippen molar-refractivity contribution in [2.24, 2.45) is 7.05 Å². The molecule has 2 heterocycles. The predicted molar refractivity (Wildman–Crippen MR) is 88.7 cm³/mol. The third-order valence-corrected chi connectivity index (χ3v) is 4.41. The molecule has 0 aliphatic carbocycles. The highest BCUT2D eigenvalue weighted by Gasteiger charge is 2.21. The Balaban J connectivity index is 1.99. The van der Waals surface area contributed by atoms with E-state index in [4.69, 9.17) is 0 Å². The molecule has 1 aliphatic rings. The molecule has 1 aromatic carbocycles. The molecule has 0 saturated carbocycles. The maximum Gasteiger partial charge on any atom is 0.279 e. The summed E-state index contributed by atoms with van der Waals surface area (Å²) in [5, 5.41) is 9.76. The van der Waals surface area contributed by atoms with Crippen LogP contribution in [0.2, 0.25) is 0 Å². The van der Waals surface area contributed by atoms with Crippen molar-refractivity contribution in [3.63, 3.8) is 0 Å². The van der Waals surface area contributed by atoms with Crippen molar-refractivity contribution in [3.05, 3.63) is 56.3 Å². The lowest BCUT2D eigenvalue weighted by molar-refractivity contribution is 0.102. The van der Waals surface area contributed by atoms with Gasteiger partial charge in [-0.3, -0.25) is 9.59 Å². The van der Waals surface area contributed by atoms with E-state index in [-0.39, 0.29) is 11.3 Å². The Hall–Kier alpha value is -2.54. The van der Waals surface area contributed by atoms with Crippen LogP contribution in [0.1, 0.15) is 32.7 Å². The molecule has 3 rings (SSSR count). The monoisotopic (exact) mass is 330 g/mol. The minimum Gasteiger partial charge on any atom is -0.319 e. The fraction of sp³-hybridized carbons (Fsp3) is 0.353. The van der Waals surface area contributed by atoms with Crippen LogP contribution in [0.3, 0.4) is 0 Å². The molecule has 0 bridgehead atoms. The van der Waals surface area contributed by atoms with Crippen molar-refractivity contribution < 1.29 is 9.18 Å². The third kappa shape index (κ3) is 2.71. The first kappa shape index (κ1) is 16.3. The number of carbonyl (C=O) groups excluding carboxylic acids is 1. The van der Waals surface area contributed by atoms with E-state index in [0.29, 0.717) is 36.3 Å². The summed E-state index contributed by atoms with van der Waals surface area (Å²) in [7, 11) is 1.48. The SMILES string of the molecule is Cc1nn(C)c(=O)c(C(=O)Nc2ccc3c(c2F)CCNC3)c1C. The van der Waals surface area contributed by atoms with Gasteiger partial charge in [-0.2, -0.15) is 5.10 Å². The summed E-state index contributed by atoms with van der Waals surface area (Å²) in [6, 6.07) is 3.33. The van der Waals surface area contributed by atoms with Crippen molar-refractivity contribution in [2.45, 2.75) is 26.8 Å². The van der Waals surface area contributed by atoms with Gasteiger partial charge in [0, 0.05) is 13.6 Å². The van der Waals surface area contributed by atoms with E-state index < -0.39 is 17.3 Å². The molecule has 126 valence electrons. The fourth-order valence-electron chi connectivity index (χ4n) is 2.93. The highest BCUT2D eigenvalue weighted by Crippen LogP contribution is 2.25. The molecule has 0 fully saturated rings. The minimum atomic E-state index is -0.619. The summed E-state index contributed by atoms with van der Waals surface area (Å²) in [6.45, 7) is 4.69. The second-order valence-corrected chi connectivity index (χ2v) is 5.96. The van der Waals surface area contributed by atoms with E-state index in [1.807, 2.05) is 0 Å². The van der Waals surface area contributed by atoms with Gasteiger partial charge in [-0.25, -0.2) is 9.07 Å². The largest absolute Gasteiger partial charge is 0.319 e. The summed E-state index contributed by atoms with van der Waals surface area (Å²) >= 11 is 0. The van der Waals surface area contributed by atoms with Gasteiger partial charge in [-0.1, -0.05) is 6.07 Å². The highest BCUT2D eigenvalue weighted by atomic mass is 19.1. The highest BCUT2D eigenvalue weighted by molar-refractivity contribution is 6.05. The molecular weight excluding hydrogens is 311 g/mol. The fourth-order valence-corrected chi connectivity index (χ4v) is 2.93. The number of fused-ring (bicyclic) bond motifs is 1. The van der Waals surface area contributed by atoms with Gasteiger partial charge < -0.3 is 10.6 Å². The molecule has 0 atom stereocenters. The Morgan fingerprint density at radius 1 is 1.38 bits per heavy atom. The Bertz CT molecular complexity index is 889. The second kappa shape index (κ2) is 6.16. The molecule has 0 radical (unpaired) electrons. The Labute approximate surface area is 138 Å². The number of benzene rings is 1. The number of hydrogen-bond acceptors (Lipinski definition) is 4. The number of rotatable bonds is 2. The number of amides is 1. The van der Waals surface area contributed by atoms with Crippen LogP contribution in [0.5, 0.6) is 0 Å². The maximum atomic E-state index is 14.7. The number of carbonyl (C=O) groups is 1. The molecule has 6 nitrogen and oxygen atoms in total. The van der Waals surface area contributed by atoms with Crippen LogP contribution in [0, 0.1) is 19.7 Å². The van der Waals surface area contributed by atoms with Crippen LogP contribution in [-0.2, 0) is 20.0 Å². The molecule has 24 heavy (non-hydrogen) atoms. The van der Waals surface area contributed by atoms with Gasteiger partial charge in [0.15, 0.2) is 0 Å². The molecule has 0 saturated heterocycles. The molecule has 7 heteroatoms. The van der Waals surface area contributed by atoms with Crippen molar-refractivity contribution in [1.29, 1.82) is 0 Å². The molecule has 2 aromatic rings. The Morgan fingerprint density at radius 3 is 2.88 bits per heavy atom. The average molecular weight is 330 g/mol. The van der Waals surface area contributed by atoms with Crippen LogP contribution in [0.4, 0.5) is 10.1 Å². The van der Waals surface area contributed by atoms with Gasteiger partial charge in [0.25, 0.3) is 11.5 Å². The lowest BCUT2D eigenvalue weighted by Crippen LogP contribution is -2.32. The lowest BCUT2D eigenvalue weighted by atomic mass is 9.99. The molecule has 0 spiro atoms. The third-order valence-electron chi connectivity index (χ3n) is 4.41. The van der Waals surface area contributed by atoms with Crippen molar-refractivity contribution >= 4 is 11.6 Å². The zero-order valence-corrected chi connectivity index (χ0v) is 13.9. The topological polar surface area (TPSA) is 76.0 Å². The second-order valence-electron chi connectivity index (χ2n) is 5.96. The first-order valence-electron chi connectivity index (χ1n) is 7.77. The first-order chi connectivity index (χ1) is 11.4. The van der Waals surface area contributed by atoms with E-state index >= 15 is 0 Å². The van der Waals surface area contributed by atoms with Gasteiger partial charge in [0.05, 0.1) is 11.4 Å². The van der Waals surface area contributed by atoms with E-state index in [2.05, 4.69) is 15.7 Å². The number of halogens is 1. The van der Waals surface area contributed by atoms with Crippen molar-refractivity contribution in [3.8, 4) is 0 Å². The van der Waals surface area contributed by atoms with Crippen LogP contribution >= 0.6 is 0 Å². The number of nitrogens with zero attached hydrogens (tertiary/aromatic N) is 2. The first-order valence-corrected chi connectivity index (χ1v) is 7.77. The summed E-state index contributed by atoms with van der Waals surface area (Å²) in [5.41, 5.74) is 2.17. The number of aryl methyl sites for hydroxylation is 2.